The van der Waals surface area contributed by atoms with Gasteiger partial charge in [0.1, 0.15) is 11.5 Å². The van der Waals surface area contributed by atoms with E-state index in [4.69, 9.17) is 4.74 Å². The van der Waals surface area contributed by atoms with E-state index in [0.717, 1.165) is 11.5 Å². The number of para-hydroxylation sites is 1. The molecule has 0 fully saturated rings. The predicted octanol–water partition coefficient (Wildman–Crippen LogP) is 1.67. The van der Waals surface area contributed by atoms with Crippen LogP contribution in [-0.4, -0.2) is 0 Å². The summed E-state index contributed by atoms with van der Waals surface area (Å²) < 4.78 is 8.70. The Morgan fingerprint density at radius 3 is 2.16 bits per heavy atom. The molecule has 0 aliphatic rings. The molecule has 1 heterocycles. The molecule has 2 aromatic carbocycles. The first-order valence-corrected chi connectivity index (χ1v) is 8.95. The van der Waals surface area contributed by atoms with Gasteiger partial charge in [-0.1, -0.05) is 29.5 Å². The lowest BCUT2D eigenvalue weighted by Gasteiger charge is -2.03. The molecule has 0 N–H and O–H groups in total. The van der Waals surface area contributed by atoms with Gasteiger partial charge >= 0.3 is 21.2 Å². The number of benzene rings is 2. The number of rotatable bonds is 4. The van der Waals surface area contributed by atoms with Crippen LogP contribution in [0.1, 0.15) is 0 Å². The highest BCUT2D eigenvalue weighted by Crippen LogP contribution is 2.19. The largest absolute Gasteiger partial charge is 0.457 e. The fourth-order valence-corrected chi connectivity index (χ4v) is 5.24. The number of ether oxygens (including phenoxy) is 1. The monoisotopic (exact) mass is 379 g/mol. The summed E-state index contributed by atoms with van der Waals surface area (Å²) >= 11 is 1.80. The zero-order chi connectivity index (χ0) is 12.9. The second-order valence-corrected chi connectivity index (χ2v) is 8.51. The minimum Gasteiger partial charge on any atom is -0.457 e. The van der Waals surface area contributed by atoms with Gasteiger partial charge in [0.2, 0.25) is 2.88 Å². The van der Waals surface area contributed by atoms with Crippen LogP contribution in [0.25, 0.3) is 0 Å². The van der Waals surface area contributed by atoms with Crippen LogP contribution in [0.3, 0.4) is 0 Å². The lowest BCUT2D eigenvalue weighted by Crippen LogP contribution is -3.61. The normalized spacial score (nSPS) is 10.3. The van der Waals surface area contributed by atoms with Crippen LogP contribution < -0.4 is 25.9 Å². The van der Waals surface area contributed by atoms with Crippen molar-refractivity contribution in [2.24, 2.45) is 0 Å². The van der Waals surface area contributed by atoms with Crippen molar-refractivity contribution >= 4 is 11.3 Å². The summed E-state index contributed by atoms with van der Waals surface area (Å²) in [5.41, 5.74) is 0. The van der Waals surface area contributed by atoms with E-state index in [1.165, 1.54) is 6.45 Å². The van der Waals surface area contributed by atoms with Gasteiger partial charge in [-0.25, -0.2) is 0 Å². The molecular weight excluding hydrogens is 367 g/mol. The Morgan fingerprint density at radius 2 is 1.47 bits per heavy atom. The molecule has 19 heavy (non-hydrogen) atoms. The lowest BCUT2D eigenvalue weighted by atomic mass is 10.3. The average molecular weight is 379 g/mol. The molecular formula is C16H12IOS+. The van der Waals surface area contributed by atoms with E-state index >= 15 is 0 Å². The molecule has 0 radical (unpaired) electrons. The maximum atomic E-state index is 5.78. The van der Waals surface area contributed by atoms with Crippen molar-refractivity contribution in [1.82, 2.24) is 0 Å². The number of halogens is 1. The summed E-state index contributed by atoms with van der Waals surface area (Å²) in [6, 6.07) is 22.7. The van der Waals surface area contributed by atoms with E-state index in [1.54, 1.807) is 0 Å². The molecule has 94 valence electrons. The molecule has 0 saturated carbocycles. The Labute approximate surface area is 127 Å². The van der Waals surface area contributed by atoms with E-state index in [9.17, 15) is 0 Å². The first-order chi connectivity index (χ1) is 9.40. The van der Waals surface area contributed by atoms with Gasteiger partial charge in [0, 0.05) is 6.07 Å². The van der Waals surface area contributed by atoms with E-state index < -0.39 is 0 Å². The predicted molar refractivity (Wildman–Crippen MR) is 74.7 cm³/mol. The van der Waals surface area contributed by atoms with Crippen molar-refractivity contribution in [3.8, 4) is 11.5 Å². The number of hydrogen-bond donors (Lipinski definition) is 0. The zero-order valence-electron chi connectivity index (χ0n) is 10.1. The average Bonchev–Trinajstić information content (AvgIpc) is 2.95. The van der Waals surface area contributed by atoms with Gasteiger partial charge in [-0.3, -0.25) is 0 Å². The standard InChI is InChI=1S/C16H12IOS/c1-2-5-14(6-3-1)18-15-10-8-13(9-11-15)17-16-7-4-12-19-16/h1-12H/q+1. The van der Waals surface area contributed by atoms with Gasteiger partial charge in [0.15, 0.2) is 3.57 Å². The van der Waals surface area contributed by atoms with E-state index in [1.807, 2.05) is 41.7 Å². The SMILES string of the molecule is c1ccc(Oc2ccc([I+]c3cccs3)cc2)cc1. The Hall–Kier alpha value is -1.33. The van der Waals surface area contributed by atoms with Gasteiger partial charge in [-0.15, -0.1) is 0 Å². The third-order valence-corrected chi connectivity index (χ3v) is 6.65. The Kier molecular flexibility index (Phi) is 4.15. The second-order valence-electron chi connectivity index (χ2n) is 3.88. The Morgan fingerprint density at radius 1 is 0.737 bits per heavy atom. The third-order valence-electron chi connectivity index (χ3n) is 2.48. The smallest absolute Gasteiger partial charge is 0.369 e. The molecule has 1 aromatic heterocycles. The molecule has 0 aliphatic carbocycles. The summed E-state index contributed by atoms with van der Waals surface area (Å²) in [6.45, 7) is 0. The fraction of sp³-hybridized carbons (Fsp3) is 0. The van der Waals surface area contributed by atoms with Crippen LogP contribution in [0.2, 0.25) is 0 Å². The highest BCUT2D eigenvalue weighted by Gasteiger charge is 2.16. The summed E-state index contributed by atoms with van der Waals surface area (Å²) in [5.74, 6) is 1.77. The van der Waals surface area contributed by atoms with Crippen molar-refractivity contribution in [1.29, 1.82) is 0 Å². The highest BCUT2D eigenvalue weighted by molar-refractivity contribution is 7.07. The summed E-state index contributed by atoms with van der Waals surface area (Å²) in [6.07, 6.45) is 0. The van der Waals surface area contributed by atoms with Gasteiger partial charge in [-0.05, 0) is 47.8 Å². The molecule has 0 atom stereocenters. The fourth-order valence-electron chi connectivity index (χ4n) is 1.61. The number of hydrogen-bond acceptors (Lipinski definition) is 2. The molecule has 0 bridgehead atoms. The summed E-state index contributed by atoms with van der Waals surface area (Å²) in [5, 5.41) is 2.14. The van der Waals surface area contributed by atoms with Crippen LogP contribution in [-0.2, 0) is 0 Å². The minimum absolute atomic E-state index is 0.0440. The van der Waals surface area contributed by atoms with Crippen molar-refractivity contribution in [3.63, 3.8) is 0 Å². The van der Waals surface area contributed by atoms with Crippen molar-refractivity contribution in [3.05, 3.63) is 78.6 Å². The first-order valence-electron chi connectivity index (χ1n) is 5.91. The number of thiophene rings is 1. The summed E-state index contributed by atoms with van der Waals surface area (Å²) in [4.78, 5) is 0. The van der Waals surface area contributed by atoms with Crippen molar-refractivity contribution in [2.45, 2.75) is 0 Å². The molecule has 0 aliphatic heterocycles. The Bertz CT molecular complexity index is 618. The highest BCUT2D eigenvalue weighted by atomic mass is 127. The zero-order valence-corrected chi connectivity index (χ0v) is 13.1. The molecule has 0 spiro atoms. The van der Waals surface area contributed by atoms with Crippen LogP contribution in [0.15, 0.2) is 72.1 Å². The lowest BCUT2D eigenvalue weighted by molar-refractivity contribution is -0.591. The summed E-state index contributed by atoms with van der Waals surface area (Å²) in [7, 11) is 0. The maximum Gasteiger partial charge on any atom is 0.369 e. The minimum atomic E-state index is -0.0440. The van der Waals surface area contributed by atoms with Crippen LogP contribution >= 0.6 is 11.3 Å². The van der Waals surface area contributed by atoms with Crippen molar-refractivity contribution < 1.29 is 25.9 Å². The van der Waals surface area contributed by atoms with Crippen molar-refractivity contribution in [2.75, 3.05) is 0 Å². The first kappa shape index (κ1) is 12.7. The molecule has 3 aromatic rings. The maximum absolute atomic E-state index is 5.78. The van der Waals surface area contributed by atoms with E-state index in [0.29, 0.717) is 0 Å². The van der Waals surface area contributed by atoms with Crippen LogP contribution in [0.5, 0.6) is 11.5 Å². The van der Waals surface area contributed by atoms with Gasteiger partial charge < -0.3 is 4.74 Å². The van der Waals surface area contributed by atoms with Gasteiger partial charge in [0.05, 0.1) is 0 Å². The van der Waals surface area contributed by atoms with E-state index in [2.05, 4.69) is 41.8 Å². The Balaban J connectivity index is 1.69. The molecule has 0 saturated heterocycles. The van der Waals surface area contributed by atoms with Gasteiger partial charge in [-0.2, -0.15) is 0 Å². The quantitative estimate of drug-likeness (QED) is 0.627. The van der Waals surface area contributed by atoms with Crippen LogP contribution in [0, 0.1) is 6.45 Å². The second kappa shape index (κ2) is 6.21. The van der Waals surface area contributed by atoms with Crippen LogP contribution in [0.4, 0.5) is 0 Å². The molecule has 3 rings (SSSR count). The molecule has 0 unspecified atom stereocenters. The topological polar surface area (TPSA) is 9.23 Å². The molecule has 0 amide bonds. The van der Waals surface area contributed by atoms with E-state index in [-0.39, 0.29) is 21.2 Å². The third kappa shape index (κ3) is 3.58. The van der Waals surface area contributed by atoms with Gasteiger partial charge in [0.25, 0.3) is 0 Å². The molecule has 3 heteroatoms. The molecule has 1 nitrogen and oxygen atoms in total.